The van der Waals surface area contributed by atoms with E-state index in [-0.39, 0.29) is 0 Å². The SMILES string of the molecule is NC(=O)c1cc(N2CCCC2)cc2[nH]c(C3CCCNC3)nc12. The molecular weight excluding hydrogens is 290 g/mol. The Hall–Kier alpha value is -2.08. The normalized spacial score (nSPS) is 21.9. The summed E-state index contributed by atoms with van der Waals surface area (Å²) < 4.78 is 0. The second-order valence-corrected chi connectivity index (χ2v) is 6.61. The Balaban J connectivity index is 1.78. The van der Waals surface area contributed by atoms with Gasteiger partial charge in [0.25, 0.3) is 5.91 Å². The van der Waals surface area contributed by atoms with Gasteiger partial charge in [-0.25, -0.2) is 4.98 Å². The lowest BCUT2D eigenvalue weighted by Gasteiger charge is -2.20. The molecule has 1 atom stereocenters. The molecule has 0 spiro atoms. The Labute approximate surface area is 135 Å². The predicted octanol–water partition coefficient (Wildman–Crippen LogP) is 1.73. The van der Waals surface area contributed by atoms with Crippen LogP contribution in [-0.4, -0.2) is 42.1 Å². The van der Waals surface area contributed by atoms with Crippen LogP contribution in [0.25, 0.3) is 11.0 Å². The molecule has 0 saturated carbocycles. The zero-order valence-corrected chi connectivity index (χ0v) is 13.3. The van der Waals surface area contributed by atoms with Crippen LogP contribution in [0.4, 0.5) is 5.69 Å². The van der Waals surface area contributed by atoms with Gasteiger partial charge in [0.1, 0.15) is 11.3 Å². The van der Waals surface area contributed by atoms with Gasteiger partial charge in [0.2, 0.25) is 0 Å². The molecule has 0 radical (unpaired) electrons. The number of nitrogens with one attached hydrogen (secondary N) is 2. The summed E-state index contributed by atoms with van der Waals surface area (Å²) >= 11 is 0. The van der Waals surface area contributed by atoms with Crippen LogP contribution in [0.15, 0.2) is 12.1 Å². The molecule has 1 amide bonds. The van der Waals surface area contributed by atoms with E-state index >= 15 is 0 Å². The molecule has 2 aliphatic rings. The first-order valence-corrected chi connectivity index (χ1v) is 8.51. The van der Waals surface area contributed by atoms with Crippen molar-refractivity contribution >= 4 is 22.6 Å². The van der Waals surface area contributed by atoms with Gasteiger partial charge in [-0.05, 0) is 44.4 Å². The standard InChI is InChI=1S/C17H23N5O/c18-16(23)13-8-12(22-6-1-2-7-22)9-14-15(13)21-17(20-14)11-4-3-5-19-10-11/h8-9,11,19H,1-7,10H2,(H2,18,23)(H,20,21). The third-order valence-electron chi connectivity index (χ3n) is 5.01. The number of piperidine rings is 1. The van der Waals surface area contributed by atoms with Gasteiger partial charge in [0, 0.05) is 31.2 Å². The number of fused-ring (bicyclic) bond motifs is 1. The summed E-state index contributed by atoms with van der Waals surface area (Å²) in [5.41, 5.74) is 8.83. The molecule has 4 rings (SSSR count). The fourth-order valence-corrected chi connectivity index (χ4v) is 3.75. The zero-order valence-electron chi connectivity index (χ0n) is 13.3. The fourth-order valence-electron chi connectivity index (χ4n) is 3.75. The zero-order chi connectivity index (χ0) is 15.8. The highest BCUT2D eigenvalue weighted by atomic mass is 16.1. The number of aromatic nitrogens is 2. The summed E-state index contributed by atoms with van der Waals surface area (Å²) in [5.74, 6) is 0.941. The minimum atomic E-state index is -0.407. The lowest BCUT2D eigenvalue weighted by Crippen LogP contribution is -2.28. The molecule has 1 aromatic heterocycles. The van der Waals surface area contributed by atoms with Gasteiger partial charge in [-0.1, -0.05) is 0 Å². The highest BCUT2D eigenvalue weighted by Crippen LogP contribution is 2.30. The number of H-pyrrole nitrogens is 1. The third kappa shape index (κ3) is 2.67. The molecule has 1 aromatic carbocycles. The van der Waals surface area contributed by atoms with Crippen molar-refractivity contribution in [3.8, 4) is 0 Å². The number of aromatic amines is 1. The molecular formula is C17H23N5O. The summed E-state index contributed by atoms with van der Waals surface area (Å²) in [6.07, 6.45) is 4.68. The van der Waals surface area contributed by atoms with Gasteiger partial charge >= 0.3 is 0 Å². The molecule has 6 heteroatoms. The van der Waals surface area contributed by atoms with E-state index in [1.165, 1.54) is 12.8 Å². The molecule has 23 heavy (non-hydrogen) atoms. The first kappa shape index (κ1) is 14.5. The highest BCUT2D eigenvalue weighted by molar-refractivity contribution is 6.05. The Kier molecular flexibility index (Phi) is 3.69. The van der Waals surface area contributed by atoms with Gasteiger partial charge in [-0.15, -0.1) is 0 Å². The number of benzene rings is 1. The van der Waals surface area contributed by atoms with Gasteiger partial charge in [-0.3, -0.25) is 4.79 Å². The first-order valence-electron chi connectivity index (χ1n) is 8.51. The van der Waals surface area contributed by atoms with E-state index in [9.17, 15) is 4.79 Å². The molecule has 1 unspecified atom stereocenters. The Bertz CT molecular complexity index is 726. The number of amides is 1. The van der Waals surface area contributed by atoms with Gasteiger partial charge in [0.05, 0.1) is 11.1 Å². The van der Waals surface area contributed by atoms with Crippen molar-refractivity contribution in [1.29, 1.82) is 0 Å². The first-order chi connectivity index (χ1) is 11.2. The molecule has 3 heterocycles. The molecule has 2 aliphatic heterocycles. The van der Waals surface area contributed by atoms with E-state index in [0.29, 0.717) is 17.0 Å². The maximum Gasteiger partial charge on any atom is 0.251 e. The van der Waals surface area contributed by atoms with E-state index in [1.807, 2.05) is 6.07 Å². The molecule has 2 aromatic rings. The van der Waals surface area contributed by atoms with Crippen LogP contribution in [0.2, 0.25) is 0 Å². The average molecular weight is 313 g/mol. The molecule has 2 fully saturated rings. The molecule has 2 saturated heterocycles. The van der Waals surface area contributed by atoms with Gasteiger partial charge < -0.3 is 20.9 Å². The van der Waals surface area contributed by atoms with E-state index in [1.54, 1.807) is 0 Å². The minimum absolute atomic E-state index is 0.382. The van der Waals surface area contributed by atoms with E-state index in [2.05, 4.69) is 21.3 Å². The summed E-state index contributed by atoms with van der Waals surface area (Å²) in [6.45, 7) is 4.08. The van der Waals surface area contributed by atoms with Crippen LogP contribution in [0.5, 0.6) is 0 Å². The summed E-state index contributed by atoms with van der Waals surface area (Å²) in [4.78, 5) is 22.4. The minimum Gasteiger partial charge on any atom is -0.371 e. The van der Waals surface area contributed by atoms with Crippen molar-refractivity contribution in [2.24, 2.45) is 5.73 Å². The average Bonchev–Trinajstić information content (AvgIpc) is 3.23. The number of rotatable bonds is 3. The van der Waals surface area contributed by atoms with Crippen LogP contribution in [0.3, 0.4) is 0 Å². The second kappa shape index (κ2) is 5.85. The number of nitrogens with two attached hydrogens (primary N) is 1. The number of hydrogen-bond donors (Lipinski definition) is 3. The molecule has 6 nitrogen and oxygen atoms in total. The summed E-state index contributed by atoms with van der Waals surface area (Å²) in [7, 11) is 0. The van der Waals surface area contributed by atoms with Crippen LogP contribution >= 0.6 is 0 Å². The van der Waals surface area contributed by atoms with Crippen molar-refractivity contribution in [1.82, 2.24) is 15.3 Å². The third-order valence-corrected chi connectivity index (χ3v) is 5.01. The van der Waals surface area contributed by atoms with Crippen LogP contribution in [0.1, 0.15) is 47.8 Å². The lowest BCUT2D eigenvalue weighted by atomic mass is 9.99. The maximum absolute atomic E-state index is 11.9. The van der Waals surface area contributed by atoms with E-state index in [0.717, 1.165) is 56.0 Å². The molecule has 4 N–H and O–H groups in total. The number of nitrogens with zero attached hydrogens (tertiary/aromatic N) is 2. The van der Waals surface area contributed by atoms with Crippen molar-refractivity contribution in [2.75, 3.05) is 31.1 Å². The lowest BCUT2D eigenvalue weighted by molar-refractivity contribution is 0.100. The van der Waals surface area contributed by atoms with Crippen molar-refractivity contribution < 1.29 is 4.79 Å². The second-order valence-electron chi connectivity index (χ2n) is 6.61. The number of anilines is 1. The predicted molar refractivity (Wildman–Crippen MR) is 90.9 cm³/mol. The number of imidazole rings is 1. The van der Waals surface area contributed by atoms with E-state index < -0.39 is 5.91 Å². The maximum atomic E-state index is 11.9. The Morgan fingerprint density at radius 3 is 2.78 bits per heavy atom. The van der Waals surface area contributed by atoms with Gasteiger partial charge in [0.15, 0.2) is 0 Å². The monoisotopic (exact) mass is 313 g/mol. The van der Waals surface area contributed by atoms with Crippen molar-refractivity contribution in [3.63, 3.8) is 0 Å². The molecule has 0 aliphatic carbocycles. The van der Waals surface area contributed by atoms with Crippen LogP contribution < -0.4 is 16.0 Å². The topological polar surface area (TPSA) is 87.0 Å². The van der Waals surface area contributed by atoms with Gasteiger partial charge in [-0.2, -0.15) is 0 Å². The number of carbonyl (C=O) groups excluding carboxylic acids is 1. The summed E-state index contributed by atoms with van der Waals surface area (Å²) in [6, 6.07) is 4.01. The molecule has 0 bridgehead atoms. The number of carbonyl (C=O) groups is 1. The van der Waals surface area contributed by atoms with Crippen molar-refractivity contribution in [2.45, 2.75) is 31.6 Å². The largest absolute Gasteiger partial charge is 0.371 e. The fraction of sp³-hybridized carbons (Fsp3) is 0.529. The molecule has 122 valence electrons. The smallest absolute Gasteiger partial charge is 0.251 e. The van der Waals surface area contributed by atoms with Crippen LogP contribution in [-0.2, 0) is 0 Å². The van der Waals surface area contributed by atoms with Crippen molar-refractivity contribution in [3.05, 3.63) is 23.5 Å². The highest BCUT2D eigenvalue weighted by Gasteiger charge is 2.22. The van der Waals surface area contributed by atoms with E-state index in [4.69, 9.17) is 10.7 Å². The Morgan fingerprint density at radius 1 is 1.26 bits per heavy atom. The quantitative estimate of drug-likeness (QED) is 0.805. The number of primary amides is 1. The van der Waals surface area contributed by atoms with Crippen LogP contribution in [0, 0.1) is 0 Å². The number of hydrogen-bond acceptors (Lipinski definition) is 4. The Morgan fingerprint density at radius 2 is 2.09 bits per heavy atom. The summed E-state index contributed by atoms with van der Waals surface area (Å²) in [5, 5.41) is 3.41.